The molecule has 0 bridgehead atoms. The smallest absolute Gasteiger partial charge is 0.124 e. The van der Waals surface area contributed by atoms with Crippen LogP contribution in [-0.2, 0) is 11.3 Å². The lowest BCUT2D eigenvalue weighted by Gasteiger charge is -2.29. The number of ether oxygens (including phenoxy) is 1. The molecule has 1 saturated heterocycles. The topological polar surface area (TPSA) is 21.3 Å². The molecule has 1 aliphatic rings. The molecule has 94 valence electrons. The molecule has 17 heavy (non-hydrogen) atoms. The maximum absolute atomic E-state index is 12.9. The van der Waals surface area contributed by atoms with Crippen molar-refractivity contribution in [1.29, 1.82) is 0 Å². The van der Waals surface area contributed by atoms with E-state index in [9.17, 15) is 4.39 Å². The van der Waals surface area contributed by atoms with Gasteiger partial charge in [-0.25, -0.2) is 4.39 Å². The number of piperidine rings is 1. The Hall–Kier alpha value is -0.450. The third-order valence-corrected chi connectivity index (χ3v) is 3.96. The molecule has 0 aromatic heterocycles. The first kappa shape index (κ1) is 13.0. The lowest BCUT2D eigenvalue weighted by atomic mass is 9.97. The highest BCUT2D eigenvalue weighted by molar-refractivity contribution is 9.10. The second-order valence-electron chi connectivity index (χ2n) is 4.56. The molecule has 1 N–H and O–H groups in total. The zero-order valence-electron chi connectivity index (χ0n) is 9.88. The highest BCUT2D eigenvalue weighted by atomic mass is 79.9. The molecule has 2 rings (SSSR count). The highest BCUT2D eigenvalue weighted by Gasteiger charge is 2.21. The molecule has 2 atom stereocenters. The molecule has 2 unspecified atom stereocenters. The van der Waals surface area contributed by atoms with E-state index in [1.165, 1.54) is 12.1 Å². The molecule has 1 fully saturated rings. The van der Waals surface area contributed by atoms with E-state index < -0.39 is 0 Å². The summed E-state index contributed by atoms with van der Waals surface area (Å²) in [5.41, 5.74) is 0.990. The van der Waals surface area contributed by atoms with Gasteiger partial charge in [0.15, 0.2) is 0 Å². The average molecular weight is 302 g/mol. The number of hydrogen-bond donors (Lipinski definition) is 1. The Morgan fingerprint density at radius 2 is 2.35 bits per heavy atom. The first-order valence-electron chi connectivity index (χ1n) is 5.93. The largest absolute Gasteiger partial charge is 0.372 e. The van der Waals surface area contributed by atoms with Crippen LogP contribution in [0.4, 0.5) is 4.39 Å². The van der Waals surface area contributed by atoms with Gasteiger partial charge < -0.3 is 10.1 Å². The third-order valence-electron chi connectivity index (χ3n) is 3.22. The van der Waals surface area contributed by atoms with Gasteiger partial charge in [0.2, 0.25) is 0 Å². The van der Waals surface area contributed by atoms with Crippen LogP contribution >= 0.6 is 15.9 Å². The second kappa shape index (κ2) is 5.94. The Morgan fingerprint density at radius 3 is 3.06 bits per heavy atom. The van der Waals surface area contributed by atoms with E-state index in [0.717, 1.165) is 29.5 Å². The minimum Gasteiger partial charge on any atom is -0.372 e. The molecule has 0 amide bonds. The van der Waals surface area contributed by atoms with E-state index in [2.05, 4.69) is 28.2 Å². The molecule has 1 aromatic carbocycles. The number of nitrogens with one attached hydrogen (secondary N) is 1. The molecule has 1 aromatic rings. The molecule has 2 nitrogen and oxygen atoms in total. The summed E-state index contributed by atoms with van der Waals surface area (Å²) in [5, 5.41) is 3.33. The first-order chi connectivity index (χ1) is 8.16. The van der Waals surface area contributed by atoms with Crippen LogP contribution in [0.5, 0.6) is 0 Å². The minimum absolute atomic E-state index is 0.228. The molecule has 1 heterocycles. The summed E-state index contributed by atoms with van der Waals surface area (Å²) in [7, 11) is 0. The van der Waals surface area contributed by atoms with Gasteiger partial charge in [0, 0.05) is 11.0 Å². The Bertz CT molecular complexity index is 386. The Morgan fingerprint density at radius 1 is 1.53 bits per heavy atom. The number of rotatable bonds is 3. The van der Waals surface area contributed by atoms with E-state index in [1.807, 2.05) is 0 Å². The van der Waals surface area contributed by atoms with Gasteiger partial charge in [-0.2, -0.15) is 0 Å². The SMILES string of the molecule is CC1CCNCC1OCc1ccc(F)cc1Br. The fourth-order valence-electron chi connectivity index (χ4n) is 2.02. The van der Waals surface area contributed by atoms with E-state index in [4.69, 9.17) is 4.74 Å². The van der Waals surface area contributed by atoms with Crippen LogP contribution in [0.15, 0.2) is 22.7 Å². The van der Waals surface area contributed by atoms with Gasteiger partial charge in [-0.05, 0) is 36.6 Å². The summed E-state index contributed by atoms with van der Waals surface area (Å²) in [4.78, 5) is 0. The van der Waals surface area contributed by atoms with Crippen molar-refractivity contribution in [3.05, 3.63) is 34.1 Å². The monoisotopic (exact) mass is 301 g/mol. The first-order valence-corrected chi connectivity index (χ1v) is 6.72. The zero-order chi connectivity index (χ0) is 12.3. The van der Waals surface area contributed by atoms with Crippen LogP contribution < -0.4 is 5.32 Å². The minimum atomic E-state index is -0.228. The molecule has 0 saturated carbocycles. The van der Waals surface area contributed by atoms with Crippen LogP contribution in [0.3, 0.4) is 0 Å². The van der Waals surface area contributed by atoms with E-state index >= 15 is 0 Å². The summed E-state index contributed by atoms with van der Waals surface area (Å²) < 4.78 is 19.6. The number of hydrogen-bond acceptors (Lipinski definition) is 2. The Labute approximate surface area is 110 Å². The van der Waals surface area contributed by atoms with Crippen molar-refractivity contribution >= 4 is 15.9 Å². The molecule has 0 radical (unpaired) electrons. The van der Waals surface area contributed by atoms with E-state index in [-0.39, 0.29) is 11.9 Å². The highest BCUT2D eigenvalue weighted by Crippen LogP contribution is 2.21. The summed E-state index contributed by atoms with van der Waals surface area (Å²) in [5.74, 6) is 0.351. The quantitative estimate of drug-likeness (QED) is 0.926. The summed E-state index contributed by atoms with van der Waals surface area (Å²) >= 11 is 3.35. The van der Waals surface area contributed by atoms with Crippen molar-refractivity contribution in [2.75, 3.05) is 13.1 Å². The van der Waals surface area contributed by atoms with Crippen molar-refractivity contribution in [3.63, 3.8) is 0 Å². The summed E-state index contributed by atoms with van der Waals surface area (Å²) in [6, 6.07) is 4.70. The van der Waals surface area contributed by atoms with Gasteiger partial charge >= 0.3 is 0 Å². The average Bonchev–Trinajstić information content (AvgIpc) is 2.30. The van der Waals surface area contributed by atoms with E-state index in [1.54, 1.807) is 6.07 Å². The van der Waals surface area contributed by atoms with Crippen molar-refractivity contribution in [1.82, 2.24) is 5.32 Å². The fourth-order valence-corrected chi connectivity index (χ4v) is 2.49. The summed E-state index contributed by atoms with van der Waals surface area (Å²) in [6.07, 6.45) is 1.40. The van der Waals surface area contributed by atoms with Crippen molar-refractivity contribution < 1.29 is 9.13 Å². The van der Waals surface area contributed by atoms with Gasteiger partial charge in [-0.3, -0.25) is 0 Å². The van der Waals surface area contributed by atoms with Gasteiger partial charge in [-0.15, -0.1) is 0 Å². The lowest BCUT2D eigenvalue weighted by molar-refractivity contribution is -0.00682. The third kappa shape index (κ3) is 3.50. The molecule has 1 aliphatic heterocycles. The van der Waals surface area contributed by atoms with Crippen LogP contribution in [0, 0.1) is 11.7 Å². The van der Waals surface area contributed by atoms with Gasteiger partial charge in [0.1, 0.15) is 5.82 Å². The van der Waals surface area contributed by atoms with Crippen LogP contribution in [0.2, 0.25) is 0 Å². The normalized spacial score (nSPS) is 24.9. The molecular formula is C13H17BrFNO. The fraction of sp³-hybridized carbons (Fsp3) is 0.538. The predicted molar refractivity (Wildman–Crippen MR) is 69.3 cm³/mol. The molecule has 4 heteroatoms. The van der Waals surface area contributed by atoms with Gasteiger partial charge in [0.05, 0.1) is 12.7 Å². The van der Waals surface area contributed by atoms with Crippen molar-refractivity contribution in [2.24, 2.45) is 5.92 Å². The zero-order valence-corrected chi connectivity index (χ0v) is 11.5. The second-order valence-corrected chi connectivity index (χ2v) is 5.41. The summed E-state index contributed by atoms with van der Waals surface area (Å²) in [6.45, 7) is 4.71. The molecular weight excluding hydrogens is 285 g/mol. The van der Waals surface area contributed by atoms with E-state index in [0.29, 0.717) is 12.5 Å². The maximum atomic E-state index is 12.9. The predicted octanol–water partition coefficient (Wildman–Crippen LogP) is 3.10. The maximum Gasteiger partial charge on any atom is 0.124 e. The van der Waals surface area contributed by atoms with Crippen molar-refractivity contribution in [2.45, 2.75) is 26.1 Å². The van der Waals surface area contributed by atoms with Crippen LogP contribution in [0.25, 0.3) is 0 Å². The number of halogens is 2. The van der Waals surface area contributed by atoms with Crippen molar-refractivity contribution in [3.8, 4) is 0 Å². The number of benzene rings is 1. The molecule has 0 spiro atoms. The van der Waals surface area contributed by atoms with Crippen LogP contribution in [0.1, 0.15) is 18.9 Å². The Balaban J connectivity index is 1.92. The lowest BCUT2D eigenvalue weighted by Crippen LogP contribution is -2.40. The molecule has 0 aliphatic carbocycles. The standard InChI is InChI=1S/C13H17BrFNO/c1-9-4-5-16-7-13(9)17-8-10-2-3-11(15)6-12(10)14/h2-3,6,9,13,16H,4-5,7-8H2,1H3. The van der Waals surface area contributed by atoms with Gasteiger partial charge in [-0.1, -0.05) is 28.9 Å². The van der Waals surface area contributed by atoms with Gasteiger partial charge in [0.25, 0.3) is 0 Å². The van der Waals surface area contributed by atoms with Crippen LogP contribution in [-0.4, -0.2) is 19.2 Å². The Kier molecular flexibility index (Phi) is 4.54.